The molecule has 2 unspecified atom stereocenters. The Morgan fingerprint density at radius 1 is 1.56 bits per heavy atom. The van der Waals surface area contributed by atoms with E-state index < -0.39 is 6.10 Å². The molecule has 0 aliphatic rings. The average Bonchev–Trinajstić information content (AvgIpc) is 2.16. The van der Waals surface area contributed by atoms with Gasteiger partial charge < -0.3 is 10.8 Å². The molecule has 1 rings (SSSR count). The number of hydrogen-bond acceptors (Lipinski definition) is 4. The third-order valence-corrected chi connectivity index (χ3v) is 3.67. The molecule has 0 saturated heterocycles. The lowest BCUT2D eigenvalue weighted by atomic mass is 10.1. The van der Waals surface area contributed by atoms with Crippen molar-refractivity contribution in [2.75, 3.05) is 0 Å². The fourth-order valence-electron chi connectivity index (χ4n) is 1.22. The van der Waals surface area contributed by atoms with E-state index in [0.717, 1.165) is 5.56 Å². The van der Waals surface area contributed by atoms with Crippen LogP contribution < -0.4 is 5.73 Å². The molecule has 0 amide bonds. The second kappa shape index (κ2) is 5.32. The number of aliphatic hydroxyl groups is 1. The van der Waals surface area contributed by atoms with Crippen LogP contribution >= 0.6 is 11.8 Å². The van der Waals surface area contributed by atoms with Crippen LogP contribution in [0.2, 0.25) is 0 Å². The highest BCUT2D eigenvalue weighted by molar-refractivity contribution is 8.00. The Morgan fingerprint density at radius 3 is 2.69 bits per heavy atom. The van der Waals surface area contributed by atoms with Crippen molar-refractivity contribution in [3.8, 4) is 0 Å². The summed E-state index contributed by atoms with van der Waals surface area (Å²) in [4.78, 5) is 4.21. The number of aliphatic hydroxyl groups excluding tert-OH is 1. The van der Waals surface area contributed by atoms with Gasteiger partial charge in [-0.2, -0.15) is 0 Å². The summed E-state index contributed by atoms with van der Waals surface area (Å²) in [6.45, 7) is 5.56. The minimum absolute atomic E-state index is 0.0193. The molecule has 0 radical (unpaired) electrons. The van der Waals surface area contributed by atoms with Gasteiger partial charge in [-0.05, 0) is 25.5 Å². The third-order valence-electron chi connectivity index (χ3n) is 2.37. The number of nitrogens with one attached hydrogen (secondary N) is 1. The maximum atomic E-state index is 9.45. The molecule has 88 valence electrons. The lowest BCUT2D eigenvalue weighted by Gasteiger charge is -2.16. The van der Waals surface area contributed by atoms with Crippen LogP contribution in [0.3, 0.4) is 0 Å². The van der Waals surface area contributed by atoms with Crippen molar-refractivity contribution in [3.63, 3.8) is 0 Å². The number of aryl methyl sites for hydroxylation is 1. The summed E-state index contributed by atoms with van der Waals surface area (Å²) in [5.41, 5.74) is 7.13. The van der Waals surface area contributed by atoms with E-state index in [9.17, 15) is 5.11 Å². The van der Waals surface area contributed by atoms with E-state index in [0.29, 0.717) is 10.6 Å². The van der Waals surface area contributed by atoms with Gasteiger partial charge >= 0.3 is 0 Å². The first-order chi connectivity index (χ1) is 7.43. The molecule has 0 fully saturated rings. The van der Waals surface area contributed by atoms with Crippen molar-refractivity contribution in [2.24, 2.45) is 5.73 Å². The first kappa shape index (κ1) is 13.0. The average molecular weight is 239 g/mol. The summed E-state index contributed by atoms with van der Waals surface area (Å²) in [5, 5.41) is 17.7. The summed E-state index contributed by atoms with van der Waals surface area (Å²) in [6, 6.07) is 1.83. The van der Waals surface area contributed by atoms with Crippen LogP contribution in [0.5, 0.6) is 0 Å². The van der Waals surface area contributed by atoms with E-state index >= 15 is 0 Å². The first-order valence-corrected chi connectivity index (χ1v) is 5.96. The van der Waals surface area contributed by atoms with Crippen molar-refractivity contribution >= 4 is 17.6 Å². The normalized spacial score (nSPS) is 14.5. The molecule has 1 aromatic rings. The number of nitrogen functional groups attached to an aromatic ring is 1. The minimum atomic E-state index is -0.424. The molecule has 0 saturated carbocycles. The van der Waals surface area contributed by atoms with Crippen LogP contribution in [0.15, 0.2) is 17.3 Å². The third kappa shape index (κ3) is 2.96. The van der Waals surface area contributed by atoms with E-state index in [4.69, 9.17) is 11.1 Å². The molecule has 0 aromatic carbocycles. The Balaban J connectivity index is 3.04. The van der Waals surface area contributed by atoms with Gasteiger partial charge in [0, 0.05) is 11.4 Å². The maximum absolute atomic E-state index is 9.45. The van der Waals surface area contributed by atoms with E-state index in [-0.39, 0.29) is 11.1 Å². The fraction of sp³-hybridized carbons (Fsp3) is 0.455. The molecule has 16 heavy (non-hydrogen) atoms. The van der Waals surface area contributed by atoms with E-state index in [1.54, 1.807) is 13.1 Å². The van der Waals surface area contributed by atoms with Gasteiger partial charge in [0.15, 0.2) is 0 Å². The quantitative estimate of drug-likeness (QED) is 0.423. The molecule has 2 atom stereocenters. The zero-order valence-electron chi connectivity index (χ0n) is 9.69. The van der Waals surface area contributed by atoms with Crippen molar-refractivity contribution in [1.29, 1.82) is 5.41 Å². The molecule has 0 spiro atoms. The zero-order chi connectivity index (χ0) is 12.3. The predicted octanol–water partition coefficient (Wildman–Crippen LogP) is 1.54. The molecular weight excluding hydrogens is 222 g/mol. The van der Waals surface area contributed by atoms with Gasteiger partial charge in [-0.1, -0.05) is 18.7 Å². The smallest absolute Gasteiger partial charge is 0.125 e. The van der Waals surface area contributed by atoms with Gasteiger partial charge in [0.25, 0.3) is 0 Å². The number of nitrogens with two attached hydrogens (primary N) is 1. The van der Waals surface area contributed by atoms with Crippen LogP contribution in [0.4, 0.5) is 0 Å². The highest BCUT2D eigenvalue weighted by atomic mass is 32.2. The topological polar surface area (TPSA) is 83.0 Å². The SMILES string of the molecule is Cc1ccnc(SC(C)C(C)O)c1C(=N)N. The molecule has 4 N–H and O–H groups in total. The second-order valence-corrected chi connectivity index (χ2v) is 5.15. The maximum Gasteiger partial charge on any atom is 0.125 e. The number of pyridine rings is 1. The van der Waals surface area contributed by atoms with Crippen molar-refractivity contribution in [1.82, 2.24) is 4.98 Å². The lowest BCUT2D eigenvalue weighted by Crippen LogP contribution is -2.19. The Hall–Kier alpha value is -1.07. The Bertz CT molecular complexity index is 393. The Morgan fingerprint density at radius 2 is 2.19 bits per heavy atom. The van der Waals surface area contributed by atoms with Crippen LogP contribution in [-0.2, 0) is 0 Å². The van der Waals surface area contributed by atoms with Gasteiger partial charge in [-0.15, -0.1) is 0 Å². The van der Waals surface area contributed by atoms with Crippen molar-refractivity contribution in [2.45, 2.75) is 37.2 Å². The summed E-state index contributed by atoms with van der Waals surface area (Å²) < 4.78 is 0. The van der Waals surface area contributed by atoms with Gasteiger partial charge in [-0.3, -0.25) is 5.41 Å². The monoisotopic (exact) mass is 239 g/mol. The molecule has 0 bridgehead atoms. The minimum Gasteiger partial charge on any atom is -0.392 e. The number of thioether (sulfide) groups is 1. The molecule has 5 heteroatoms. The number of hydrogen-bond donors (Lipinski definition) is 3. The van der Waals surface area contributed by atoms with E-state index in [1.165, 1.54) is 11.8 Å². The number of amidine groups is 1. The highest BCUT2D eigenvalue weighted by Gasteiger charge is 2.16. The molecule has 1 heterocycles. The van der Waals surface area contributed by atoms with Crippen LogP contribution in [-0.4, -0.2) is 27.3 Å². The number of nitrogens with zero attached hydrogens (tertiary/aromatic N) is 1. The largest absolute Gasteiger partial charge is 0.392 e. The van der Waals surface area contributed by atoms with Crippen molar-refractivity contribution < 1.29 is 5.11 Å². The summed E-state index contributed by atoms with van der Waals surface area (Å²) in [7, 11) is 0. The second-order valence-electron chi connectivity index (χ2n) is 3.79. The zero-order valence-corrected chi connectivity index (χ0v) is 10.5. The highest BCUT2D eigenvalue weighted by Crippen LogP contribution is 2.27. The van der Waals surface area contributed by atoms with Gasteiger partial charge in [0.2, 0.25) is 0 Å². The van der Waals surface area contributed by atoms with Crippen molar-refractivity contribution in [3.05, 3.63) is 23.4 Å². The molecule has 4 nitrogen and oxygen atoms in total. The summed E-state index contributed by atoms with van der Waals surface area (Å²) in [5.74, 6) is 0.0193. The predicted molar refractivity (Wildman–Crippen MR) is 67.0 cm³/mol. The Labute approximate surface area is 99.8 Å². The van der Waals surface area contributed by atoms with Crippen LogP contribution in [0.25, 0.3) is 0 Å². The standard InChI is InChI=1S/C11H17N3OS/c1-6-4-5-14-11(9(6)10(12)13)16-8(3)7(2)15/h4-5,7-8,15H,1-3H3,(H3,12,13). The molecule has 0 aliphatic carbocycles. The van der Waals surface area contributed by atoms with E-state index in [2.05, 4.69) is 4.98 Å². The van der Waals surface area contributed by atoms with E-state index in [1.807, 2.05) is 19.9 Å². The summed E-state index contributed by atoms with van der Waals surface area (Å²) in [6.07, 6.45) is 1.27. The molecule has 0 aliphatic heterocycles. The van der Waals surface area contributed by atoms with Gasteiger partial charge in [-0.25, -0.2) is 4.98 Å². The van der Waals surface area contributed by atoms with Crippen LogP contribution in [0, 0.1) is 12.3 Å². The lowest BCUT2D eigenvalue weighted by molar-refractivity contribution is 0.196. The molecular formula is C11H17N3OS. The van der Waals surface area contributed by atoms with Gasteiger partial charge in [0.05, 0.1) is 11.7 Å². The molecule has 1 aromatic heterocycles. The Kier molecular flexibility index (Phi) is 4.32. The van der Waals surface area contributed by atoms with Crippen LogP contribution in [0.1, 0.15) is 25.0 Å². The fourth-order valence-corrected chi connectivity index (χ4v) is 2.28. The van der Waals surface area contributed by atoms with Gasteiger partial charge in [0.1, 0.15) is 10.9 Å². The number of rotatable bonds is 4. The number of aromatic nitrogens is 1. The summed E-state index contributed by atoms with van der Waals surface area (Å²) >= 11 is 1.44. The first-order valence-electron chi connectivity index (χ1n) is 5.08.